The van der Waals surface area contributed by atoms with E-state index in [0.717, 1.165) is 23.0 Å². The normalized spacial score (nSPS) is 10.9. The highest BCUT2D eigenvalue weighted by Crippen LogP contribution is 2.30. The Kier molecular flexibility index (Phi) is 1.76. The molecule has 13 heavy (non-hydrogen) atoms. The fourth-order valence-electron chi connectivity index (χ4n) is 1.87. The number of hydrogen-bond acceptors (Lipinski definition) is 1. The molecular weight excluding hydrogens is 162 g/mol. The standard InChI is InChI=1S/C11H13NO/c1-3-8-7(2)12-9-5-4-6-10(13)11(8)9/h4-6,12-13H,3H2,1-2H3. The Morgan fingerprint density at radius 3 is 2.85 bits per heavy atom. The summed E-state index contributed by atoms with van der Waals surface area (Å²) in [6.45, 7) is 4.14. The number of phenols is 1. The van der Waals surface area contributed by atoms with E-state index in [4.69, 9.17) is 0 Å². The first kappa shape index (κ1) is 8.17. The predicted molar refractivity (Wildman–Crippen MR) is 54.1 cm³/mol. The third-order valence-corrected chi connectivity index (χ3v) is 2.47. The highest BCUT2D eigenvalue weighted by molar-refractivity contribution is 5.90. The molecule has 1 aromatic heterocycles. The van der Waals surface area contributed by atoms with Gasteiger partial charge in [-0.25, -0.2) is 0 Å². The van der Waals surface area contributed by atoms with Crippen molar-refractivity contribution in [2.24, 2.45) is 0 Å². The molecule has 0 aliphatic heterocycles. The van der Waals surface area contributed by atoms with Gasteiger partial charge in [0.15, 0.2) is 0 Å². The lowest BCUT2D eigenvalue weighted by molar-refractivity contribution is 0.481. The van der Waals surface area contributed by atoms with E-state index >= 15 is 0 Å². The largest absolute Gasteiger partial charge is 0.507 e. The summed E-state index contributed by atoms with van der Waals surface area (Å²) in [7, 11) is 0. The highest BCUT2D eigenvalue weighted by Gasteiger charge is 2.09. The Balaban J connectivity index is 2.88. The van der Waals surface area contributed by atoms with Crippen LogP contribution in [0.5, 0.6) is 5.75 Å². The topological polar surface area (TPSA) is 36.0 Å². The van der Waals surface area contributed by atoms with Gasteiger partial charge < -0.3 is 10.1 Å². The highest BCUT2D eigenvalue weighted by atomic mass is 16.3. The van der Waals surface area contributed by atoms with Crippen molar-refractivity contribution < 1.29 is 5.11 Å². The van der Waals surface area contributed by atoms with Gasteiger partial charge in [-0.2, -0.15) is 0 Å². The van der Waals surface area contributed by atoms with E-state index in [2.05, 4.69) is 11.9 Å². The maximum Gasteiger partial charge on any atom is 0.125 e. The third-order valence-electron chi connectivity index (χ3n) is 2.47. The minimum atomic E-state index is 0.374. The fourth-order valence-corrected chi connectivity index (χ4v) is 1.87. The van der Waals surface area contributed by atoms with E-state index in [1.807, 2.05) is 19.1 Å². The van der Waals surface area contributed by atoms with Gasteiger partial charge in [-0.05, 0) is 31.0 Å². The molecule has 0 atom stereocenters. The lowest BCUT2D eigenvalue weighted by Gasteiger charge is -1.97. The Bertz CT molecular complexity index is 443. The molecular formula is C11H13NO. The smallest absolute Gasteiger partial charge is 0.125 e. The van der Waals surface area contributed by atoms with E-state index < -0.39 is 0 Å². The van der Waals surface area contributed by atoms with E-state index in [1.165, 1.54) is 5.56 Å². The van der Waals surface area contributed by atoms with Crippen LogP contribution < -0.4 is 0 Å². The van der Waals surface area contributed by atoms with Crippen molar-refractivity contribution in [2.45, 2.75) is 20.3 Å². The van der Waals surface area contributed by atoms with Gasteiger partial charge >= 0.3 is 0 Å². The number of fused-ring (bicyclic) bond motifs is 1. The summed E-state index contributed by atoms with van der Waals surface area (Å²) in [5.41, 5.74) is 3.39. The third kappa shape index (κ3) is 1.10. The second-order valence-electron chi connectivity index (χ2n) is 3.28. The zero-order chi connectivity index (χ0) is 9.42. The molecule has 1 heterocycles. The Morgan fingerprint density at radius 1 is 1.38 bits per heavy atom. The molecule has 2 N–H and O–H groups in total. The van der Waals surface area contributed by atoms with Crippen molar-refractivity contribution in [3.63, 3.8) is 0 Å². The molecule has 0 spiro atoms. The molecule has 2 heteroatoms. The van der Waals surface area contributed by atoms with Gasteiger partial charge in [0, 0.05) is 16.6 Å². The molecule has 1 aromatic carbocycles. The quantitative estimate of drug-likeness (QED) is 0.686. The molecule has 0 aliphatic carbocycles. The molecule has 0 saturated heterocycles. The maximum absolute atomic E-state index is 9.68. The number of nitrogens with one attached hydrogen (secondary N) is 1. The van der Waals surface area contributed by atoms with Gasteiger partial charge in [0.2, 0.25) is 0 Å². The summed E-state index contributed by atoms with van der Waals surface area (Å²) in [5, 5.41) is 10.7. The van der Waals surface area contributed by atoms with Crippen molar-refractivity contribution >= 4 is 10.9 Å². The molecule has 0 radical (unpaired) electrons. The first-order valence-electron chi connectivity index (χ1n) is 4.53. The summed E-state index contributed by atoms with van der Waals surface area (Å²) in [6, 6.07) is 5.57. The van der Waals surface area contributed by atoms with Gasteiger partial charge in [0.1, 0.15) is 5.75 Å². The van der Waals surface area contributed by atoms with E-state index in [1.54, 1.807) is 6.07 Å². The van der Waals surface area contributed by atoms with Crippen LogP contribution in [0.3, 0.4) is 0 Å². The van der Waals surface area contributed by atoms with Crippen molar-refractivity contribution in [3.8, 4) is 5.75 Å². The number of aromatic amines is 1. The van der Waals surface area contributed by atoms with Crippen molar-refractivity contribution in [1.82, 2.24) is 4.98 Å². The van der Waals surface area contributed by atoms with Crippen LogP contribution in [-0.2, 0) is 6.42 Å². The van der Waals surface area contributed by atoms with Crippen LogP contribution in [0.25, 0.3) is 10.9 Å². The van der Waals surface area contributed by atoms with Crippen molar-refractivity contribution in [2.75, 3.05) is 0 Å². The SMILES string of the molecule is CCc1c(C)[nH]c2cccc(O)c12. The monoisotopic (exact) mass is 175 g/mol. The number of rotatable bonds is 1. The summed E-state index contributed by atoms with van der Waals surface area (Å²) in [5.74, 6) is 0.374. The molecule has 0 saturated carbocycles. The van der Waals surface area contributed by atoms with Gasteiger partial charge in [-0.1, -0.05) is 13.0 Å². The van der Waals surface area contributed by atoms with Crippen molar-refractivity contribution in [1.29, 1.82) is 0 Å². The van der Waals surface area contributed by atoms with Crippen LogP contribution >= 0.6 is 0 Å². The van der Waals surface area contributed by atoms with Crippen molar-refractivity contribution in [3.05, 3.63) is 29.5 Å². The minimum absolute atomic E-state index is 0.374. The van der Waals surface area contributed by atoms with Crippen LogP contribution in [0.15, 0.2) is 18.2 Å². The molecule has 2 nitrogen and oxygen atoms in total. The van der Waals surface area contributed by atoms with E-state index in [9.17, 15) is 5.11 Å². The summed E-state index contributed by atoms with van der Waals surface area (Å²) in [4.78, 5) is 3.26. The molecule has 2 aromatic rings. The lowest BCUT2D eigenvalue weighted by atomic mass is 10.1. The van der Waals surface area contributed by atoms with Gasteiger partial charge in [-0.15, -0.1) is 0 Å². The van der Waals surface area contributed by atoms with Gasteiger partial charge in [0.05, 0.1) is 0 Å². The molecule has 0 unspecified atom stereocenters. The maximum atomic E-state index is 9.68. The van der Waals surface area contributed by atoms with Crippen LogP contribution in [0.4, 0.5) is 0 Å². The summed E-state index contributed by atoms with van der Waals surface area (Å²) < 4.78 is 0. The average molecular weight is 175 g/mol. The Labute approximate surface area is 77.2 Å². The minimum Gasteiger partial charge on any atom is -0.507 e. The predicted octanol–water partition coefficient (Wildman–Crippen LogP) is 2.74. The van der Waals surface area contributed by atoms with E-state index in [-0.39, 0.29) is 0 Å². The Hall–Kier alpha value is -1.44. The zero-order valence-corrected chi connectivity index (χ0v) is 7.89. The molecule has 68 valence electrons. The van der Waals surface area contributed by atoms with Crippen LogP contribution in [0.2, 0.25) is 0 Å². The Morgan fingerprint density at radius 2 is 2.15 bits per heavy atom. The second-order valence-corrected chi connectivity index (χ2v) is 3.28. The molecule has 0 bridgehead atoms. The van der Waals surface area contributed by atoms with E-state index in [0.29, 0.717) is 5.75 Å². The molecule has 0 amide bonds. The van der Waals surface area contributed by atoms with Crippen LogP contribution in [0, 0.1) is 6.92 Å². The number of phenolic OH excluding ortho intramolecular Hbond substituents is 1. The second kappa shape index (κ2) is 2.80. The zero-order valence-electron chi connectivity index (χ0n) is 7.89. The number of aromatic nitrogens is 1. The number of aromatic hydroxyl groups is 1. The lowest BCUT2D eigenvalue weighted by Crippen LogP contribution is -1.80. The summed E-state index contributed by atoms with van der Waals surface area (Å²) >= 11 is 0. The van der Waals surface area contributed by atoms with Gasteiger partial charge in [-0.3, -0.25) is 0 Å². The fraction of sp³-hybridized carbons (Fsp3) is 0.273. The number of aryl methyl sites for hydroxylation is 2. The van der Waals surface area contributed by atoms with Crippen LogP contribution in [0.1, 0.15) is 18.2 Å². The first-order valence-corrected chi connectivity index (χ1v) is 4.53. The average Bonchev–Trinajstić information content (AvgIpc) is 2.42. The number of benzene rings is 1. The first-order chi connectivity index (χ1) is 6.24. The molecule has 0 fully saturated rings. The number of H-pyrrole nitrogens is 1. The number of hydrogen-bond donors (Lipinski definition) is 2. The molecule has 2 rings (SSSR count). The van der Waals surface area contributed by atoms with Gasteiger partial charge in [0.25, 0.3) is 0 Å². The summed E-state index contributed by atoms with van der Waals surface area (Å²) in [6.07, 6.45) is 0.948. The molecule has 0 aliphatic rings. The van der Waals surface area contributed by atoms with Crippen LogP contribution in [-0.4, -0.2) is 10.1 Å².